The lowest BCUT2D eigenvalue weighted by atomic mass is 9.60. The molecule has 0 nitrogen and oxygen atoms in total. The Hall–Kier alpha value is 0.0649. The molecule has 0 aliphatic carbocycles. The van der Waals surface area contributed by atoms with E-state index in [2.05, 4.69) is 34.6 Å². The average Bonchev–Trinajstić information content (AvgIpc) is 1.86. The third-order valence-electron chi connectivity index (χ3n) is 2.51. The third kappa shape index (κ3) is 3.31. The van der Waals surface area contributed by atoms with Crippen molar-refractivity contribution in [3.8, 4) is 0 Å². The van der Waals surface area contributed by atoms with Crippen LogP contribution < -0.4 is 0 Å². The van der Waals surface area contributed by atoms with Gasteiger partial charge in [-0.25, -0.2) is 0 Å². The van der Waals surface area contributed by atoms with Crippen molar-refractivity contribution in [3.05, 3.63) is 0 Å². The van der Waals surface area contributed by atoms with Gasteiger partial charge in [-0.05, 0) is 11.8 Å². The van der Waals surface area contributed by atoms with Crippen LogP contribution in [0.5, 0.6) is 0 Å². The third-order valence-corrected chi connectivity index (χ3v) is 2.51. The molecule has 0 heterocycles. The molecule has 0 unspecified atom stereocenters. The van der Waals surface area contributed by atoms with Crippen LogP contribution in [0.2, 0.25) is 5.82 Å². The first kappa shape index (κ1) is 11.1. The van der Waals surface area contributed by atoms with Crippen molar-refractivity contribution >= 4 is 7.85 Å². The highest BCUT2D eigenvalue weighted by molar-refractivity contribution is 6.12. The van der Waals surface area contributed by atoms with Crippen molar-refractivity contribution in [2.45, 2.75) is 53.3 Å². The molecule has 0 aliphatic heterocycles. The fraction of sp³-hybridized carbons (Fsp3) is 1.00. The Balaban J connectivity index is 4.05. The molecular weight excluding hydrogens is 131 g/mol. The minimum atomic E-state index is 0.308. The fourth-order valence-electron chi connectivity index (χ4n) is 1.71. The maximum absolute atomic E-state index is 6.08. The highest BCUT2D eigenvalue weighted by Crippen LogP contribution is 2.38. The Morgan fingerprint density at radius 1 is 1.27 bits per heavy atom. The maximum atomic E-state index is 6.08. The van der Waals surface area contributed by atoms with Gasteiger partial charge in [-0.1, -0.05) is 52.8 Å². The largest absolute Gasteiger partial charge is 0.0710 e. The van der Waals surface area contributed by atoms with Crippen LogP contribution in [0.3, 0.4) is 0 Å². The van der Waals surface area contributed by atoms with E-state index in [9.17, 15) is 0 Å². The monoisotopic (exact) mass is 152 g/mol. The second kappa shape index (κ2) is 4.18. The van der Waals surface area contributed by atoms with Gasteiger partial charge in [-0.3, -0.25) is 0 Å². The number of hydrogen-bond acceptors (Lipinski definition) is 0. The van der Waals surface area contributed by atoms with E-state index >= 15 is 0 Å². The first-order valence-corrected chi connectivity index (χ1v) is 4.67. The lowest BCUT2D eigenvalue weighted by molar-refractivity contribution is 0.265. The molecule has 0 saturated carbocycles. The lowest BCUT2D eigenvalue weighted by Gasteiger charge is -2.35. The maximum Gasteiger partial charge on any atom is 0.0710 e. The van der Waals surface area contributed by atoms with E-state index in [-0.39, 0.29) is 0 Å². The van der Waals surface area contributed by atoms with Gasteiger partial charge in [0.1, 0.15) is 0 Å². The van der Waals surface area contributed by atoms with E-state index < -0.39 is 0 Å². The topological polar surface area (TPSA) is 0 Å². The second-order valence-corrected chi connectivity index (χ2v) is 4.51. The lowest BCUT2D eigenvalue weighted by Crippen LogP contribution is -2.23. The van der Waals surface area contributed by atoms with Crippen LogP contribution in [-0.2, 0) is 0 Å². The predicted molar refractivity (Wildman–Crippen MR) is 53.0 cm³/mol. The summed E-state index contributed by atoms with van der Waals surface area (Å²) in [5, 5.41) is 0. The van der Waals surface area contributed by atoms with Crippen LogP contribution >= 0.6 is 0 Å². The van der Waals surface area contributed by atoms with Crippen LogP contribution in [0.1, 0.15) is 47.5 Å². The van der Waals surface area contributed by atoms with Crippen LogP contribution in [-0.4, -0.2) is 7.85 Å². The Kier molecular flexibility index (Phi) is 4.21. The molecule has 2 radical (unpaired) electrons. The summed E-state index contributed by atoms with van der Waals surface area (Å²) in [7, 11) is 6.08. The summed E-state index contributed by atoms with van der Waals surface area (Å²) in [6.07, 6.45) is 2.46. The number of rotatable bonds is 4. The molecule has 0 rings (SSSR count). The molecule has 0 saturated heterocycles. The average molecular weight is 152 g/mol. The molecule has 0 N–H and O–H groups in total. The molecule has 0 aromatic carbocycles. The highest BCUT2D eigenvalue weighted by atomic mass is 14.3. The molecule has 64 valence electrons. The van der Waals surface area contributed by atoms with Crippen LogP contribution in [0.15, 0.2) is 0 Å². The zero-order chi connectivity index (χ0) is 9.07. The Labute approximate surface area is 73.2 Å². The van der Waals surface area contributed by atoms with Gasteiger partial charge in [0.05, 0.1) is 7.85 Å². The first-order chi connectivity index (χ1) is 4.91. The van der Waals surface area contributed by atoms with Crippen LogP contribution in [0.25, 0.3) is 0 Å². The molecule has 0 aromatic heterocycles. The standard InChI is InChI=1S/C10H21B/c1-6-7-10(4,5)9(11)8(2)3/h8-9H,6-7H2,1-5H3/t9-/m1/s1. The highest BCUT2D eigenvalue weighted by Gasteiger charge is 2.26. The zero-order valence-corrected chi connectivity index (χ0v) is 8.65. The molecule has 0 bridgehead atoms. The Morgan fingerprint density at radius 2 is 1.73 bits per heavy atom. The minimum absolute atomic E-state index is 0.308. The van der Waals surface area contributed by atoms with Gasteiger partial charge in [0, 0.05) is 0 Å². The molecule has 1 heteroatoms. The summed E-state index contributed by atoms with van der Waals surface area (Å²) in [6, 6.07) is 0. The Bertz CT molecular complexity index is 105. The predicted octanol–water partition coefficient (Wildman–Crippen LogP) is 3.43. The van der Waals surface area contributed by atoms with Crippen molar-refractivity contribution < 1.29 is 0 Å². The fourth-order valence-corrected chi connectivity index (χ4v) is 1.71. The normalized spacial score (nSPS) is 15.5. The van der Waals surface area contributed by atoms with E-state index in [1.807, 2.05) is 0 Å². The van der Waals surface area contributed by atoms with Gasteiger partial charge in [0.2, 0.25) is 0 Å². The molecule has 11 heavy (non-hydrogen) atoms. The van der Waals surface area contributed by atoms with Crippen molar-refractivity contribution in [2.24, 2.45) is 11.3 Å². The molecule has 0 fully saturated rings. The summed E-state index contributed by atoms with van der Waals surface area (Å²) in [4.78, 5) is 0. The van der Waals surface area contributed by atoms with Crippen LogP contribution in [0.4, 0.5) is 0 Å². The van der Waals surface area contributed by atoms with E-state index in [1.165, 1.54) is 12.8 Å². The zero-order valence-electron chi connectivity index (χ0n) is 8.65. The van der Waals surface area contributed by atoms with Crippen molar-refractivity contribution in [2.75, 3.05) is 0 Å². The first-order valence-electron chi connectivity index (χ1n) is 4.67. The SMILES string of the molecule is [B][C@H](C(C)C)C(C)(C)CCC. The summed E-state index contributed by atoms with van der Waals surface area (Å²) in [6.45, 7) is 11.1. The molecular formula is C10H21B. The molecule has 0 aliphatic rings. The van der Waals surface area contributed by atoms with Crippen LogP contribution in [0, 0.1) is 11.3 Å². The van der Waals surface area contributed by atoms with Crippen molar-refractivity contribution in [3.63, 3.8) is 0 Å². The van der Waals surface area contributed by atoms with E-state index in [0.29, 0.717) is 17.2 Å². The van der Waals surface area contributed by atoms with E-state index in [1.54, 1.807) is 0 Å². The minimum Gasteiger partial charge on any atom is -0.0701 e. The van der Waals surface area contributed by atoms with Gasteiger partial charge in [0.25, 0.3) is 0 Å². The molecule has 0 aromatic rings. The smallest absolute Gasteiger partial charge is 0.0701 e. The summed E-state index contributed by atoms with van der Waals surface area (Å²) in [5.74, 6) is 0.930. The quantitative estimate of drug-likeness (QED) is 0.541. The van der Waals surface area contributed by atoms with Crippen molar-refractivity contribution in [1.82, 2.24) is 0 Å². The van der Waals surface area contributed by atoms with Gasteiger partial charge >= 0.3 is 0 Å². The van der Waals surface area contributed by atoms with Gasteiger partial charge in [-0.2, -0.15) is 0 Å². The van der Waals surface area contributed by atoms with E-state index in [0.717, 1.165) is 0 Å². The summed E-state index contributed by atoms with van der Waals surface area (Å²) in [5.41, 5.74) is 0.308. The summed E-state index contributed by atoms with van der Waals surface area (Å²) >= 11 is 0. The van der Waals surface area contributed by atoms with Gasteiger partial charge < -0.3 is 0 Å². The van der Waals surface area contributed by atoms with E-state index in [4.69, 9.17) is 7.85 Å². The van der Waals surface area contributed by atoms with Gasteiger partial charge in [0.15, 0.2) is 0 Å². The number of hydrogen-bond donors (Lipinski definition) is 0. The van der Waals surface area contributed by atoms with Gasteiger partial charge in [-0.15, -0.1) is 0 Å². The second-order valence-electron chi connectivity index (χ2n) is 4.51. The van der Waals surface area contributed by atoms with Crippen molar-refractivity contribution in [1.29, 1.82) is 0 Å². The molecule has 0 amide bonds. The molecule has 0 spiro atoms. The summed E-state index contributed by atoms with van der Waals surface area (Å²) < 4.78 is 0. The Morgan fingerprint density at radius 3 is 2.00 bits per heavy atom. The molecule has 1 atom stereocenters.